The van der Waals surface area contributed by atoms with Crippen LogP contribution in [0.4, 0.5) is 0 Å². The van der Waals surface area contributed by atoms with Crippen LogP contribution in [0.25, 0.3) is 72.7 Å². The Morgan fingerprint density at radius 1 is 0.521 bits per heavy atom. The number of phenols is 1. The molecule has 1 N–H and O–H groups in total. The van der Waals surface area contributed by atoms with Crippen LogP contribution in [-0.4, -0.2) is 19.6 Å². The van der Waals surface area contributed by atoms with Crippen LogP contribution in [0.15, 0.2) is 158 Å². The minimum atomic E-state index is -0.378. The molecule has 0 bridgehead atoms. The molecular formula is C66H66N3OPt-. The Labute approximate surface area is 436 Å². The first kappa shape index (κ1) is 49.6. The van der Waals surface area contributed by atoms with Crippen LogP contribution in [0.3, 0.4) is 0 Å². The Balaban J connectivity index is 0.00000624. The number of para-hydroxylation sites is 1. The Kier molecular flexibility index (Phi) is 12.4. The van der Waals surface area contributed by atoms with Gasteiger partial charge in [0.05, 0.1) is 22.3 Å². The van der Waals surface area contributed by atoms with Gasteiger partial charge in [0.1, 0.15) is 11.6 Å². The summed E-state index contributed by atoms with van der Waals surface area (Å²) in [5, 5.41) is 12.7. The smallest absolute Gasteiger partial charge is 0.148 e. The van der Waals surface area contributed by atoms with Crippen LogP contribution >= 0.6 is 0 Å². The van der Waals surface area contributed by atoms with Crippen molar-refractivity contribution in [2.24, 2.45) is 0 Å². The first-order valence-electron chi connectivity index (χ1n) is 24.9. The summed E-state index contributed by atoms with van der Waals surface area (Å²) in [6.45, 7) is 29.3. The number of nitrogens with zero attached hydrogens (tertiary/aromatic N) is 3. The van der Waals surface area contributed by atoms with Gasteiger partial charge in [-0.2, -0.15) is 0 Å². The molecule has 2 aromatic heterocycles. The number of rotatable bonds is 7. The van der Waals surface area contributed by atoms with Gasteiger partial charge >= 0.3 is 0 Å². The van der Waals surface area contributed by atoms with E-state index >= 15 is 0 Å². The third-order valence-electron chi connectivity index (χ3n) is 15.0. The topological polar surface area (TPSA) is 50.9 Å². The summed E-state index contributed by atoms with van der Waals surface area (Å²) in [6, 6.07) is 58.8. The first-order valence-corrected chi connectivity index (χ1v) is 24.9. The zero-order valence-electron chi connectivity index (χ0n) is 43.6. The minimum absolute atomic E-state index is 0. The molecule has 0 aliphatic heterocycles. The molecule has 0 saturated carbocycles. The van der Waals surface area contributed by atoms with Crippen molar-refractivity contribution in [2.75, 3.05) is 0 Å². The SMILES string of the molecule is CC(C)(C)c1ccc(-n2c(-c3cc(C(C)(C)C)cc(C(C)(C)C)c3O)nc3c(-c4[c-]c(-c5nccc6c5C(C)(C)c5ccccc5-6)cc(C(C)(C)c5ccccc5)c4)cccc32)c(-c2ccccc2)c1.[Pt]. The average Bonchev–Trinajstić information content (AvgIpc) is 3.83. The zero-order chi connectivity index (χ0) is 49.7. The maximum atomic E-state index is 12.7. The normalized spacial score (nSPS) is 13.5. The third kappa shape index (κ3) is 8.61. The van der Waals surface area contributed by atoms with Gasteiger partial charge in [0.15, 0.2) is 0 Å². The zero-order valence-corrected chi connectivity index (χ0v) is 45.9. The standard InChI is InChI=1S/C66H66N3O.Pt/c1-62(2,3)45-31-32-55(51(38-45)41-23-16-14-17-24-41)69-56-30-22-28-48(59(56)68-61(69)52-39-46(63(4,5)6)40-54(60(52)70)64(7,8)9)42-35-43(37-47(36-42)65(10,11)44-25-18-15-19-26-44)58-57-50(33-34-67-58)49-27-20-21-29-53(49)66(57,12)13;/h14-34,36-40,70H,1-13H3;/q-1;. The number of fused-ring (bicyclic) bond motifs is 4. The van der Waals surface area contributed by atoms with E-state index in [4.69, 9.17) is 9.97 Å². The first-order chi connectivity index (χ1) is 33.0. The van der Waals surface area contributed by atoms with Gasteiger partial charge < -0.3 is 5.11 Å². The summed E-state index contributed by atoms with van der Waals surface area (Å²) in [5.74, 6) is 0.930. The molecule has 1 aliphatic rings. The van der Waals surface area contributed by atoms with E-state index in [1.54, 1.807) is 0 Å². The van der Waals surface area contributed by atoms with Crippen molar-refractivity contribution in [3.63, 3.8) is 0 Å². The quantitative estimate of drug-likeness (QED) is 0.162. The Morgan fingerprint density at radius 3 is 1.82 bits per heavy atom. The van der Waals surface area contributed by atoms with Crippen molar-refractivity contribution >= 4 is 11.0 Å². The van der Waals surface area contributed by atoms with Crippen molar-refractivity contribution in [2.45, 2.75) is 117 Å². The van der Waals surface area contributed by atoms with Gasteiger partial charge in [0, 0.05) is 54.9 Å². The largest absolute Gasteiger partial charge is 0.507 e. The van der Waals surface area contributed by atoms with Crippen LogP contribution in [-0.2, 0) is 48.1 Å². The summed E-state index contributed by atoms with van der Waals surface area (Å²) < 4.78 is 2.30. The molecular weight excluding hydrogens is 1050 g/mol. The predicted octanol–water partition coefficient (Wildman–Crippen LogP) is 17.1. The maximum Gasteiger partial charge on any atom is 0.148 e. The molecule has 4 nitrogen and oxygen atoms in total. The van der Waals surface area contributed by atoms with Crippen molar-refractivity contribution in [3.05, 3.63) is 203 Å². The van der Waals surface area contributed by atoms with E-state index in [1.165, 1.54) is 33.4 Å². The summed E-state index contributed by atoms with van der Waals surface area (Å²) >= 11 is 0. The van der Waals surface area contributed by atoms with E-state index in [-0.39, 0.29) is 53.9 Å². The fraction of sp³-hybridized carbons (Fsp3) is 0.273. The Morgan fingerprint density at radius 2 is 1.14 bits per heavy atom. The molecule has 0 saturated heterocycles. The van der Waals surface area contributed by atoms with Crippen molar-refractivity contribution in [1.29, 1.82) is 0 Å². The molecule has 1 aliphatic carbocycles. The van der Waals surface area contributed by atoms with Crippen LogP contribution < -0.4 is 0 Å². The number of benzene rings is 7. The molecule has 5 heteroatoms. The van der Waals surface area contributed by atoms with E-state index in [0.29, 0.717) is 11.4 Å². The number of hydrogen-bond donors (Lipinski definition) is 1. The van der Waals surface area contributed by atoms with Crippen molar-refractivity contribution < 1.29 is 26.2 Å². The van der Waals surface area contributed by atoms with E-state index in [2.05, 4.69) is 252 Å². The molecule has 9 aromatic rings. The Hall–Kier alpha value is -6.35. The van der Waals surface area contributed by atoms with Gasteiger partial charge in [-0.25, -0.2) is 4.98 Å². The van der Waals surface area contributed by atoms with Crippen molar-refractivity contribution in [3.8, 4) is 67.5 Å². The van der Waals surface area contributed by atoms with Gasteiger partial charge in [-0.15, -0.1) is 29.3 Å². The predicted molar refractivity (Wildman–Crippen MR) is 293 cm³/mol. The number of phenolic OH excluding ortho intramolecular Hbond substituents is 1. The molecule has 0 atom stereocenters. The summed E-state index contributed by atoms with van der Waals surface area (Å²) in [4.78, 5) is 11.0. The molecule has 2 heterocycles. The van der Waals surface area contributed by atoms with Crippen LogP contribution in [0, 0.1) is 6.07 Å². The van der Waals surface area contributed by atoms with Gasteiger partial charge in [-0.05, 0) is 91.1 Å². The van der Waals surface area contributed by atoms with E-state index in [9.17, 15) is 5.11 Å². The second-order valence-electron chi connectivity index (χ2n) is 23.7. The number of aromatic hydroxyl groups is 1. The fourth-order valence-corrected chi connectivity index (χ4v) is 10.7. The summed E-state index contributed by atoms with van der Waals surface area (Å²) in [6.07, 6.45) is 1.96. The molecule has 71 heavy (non-hydrogen) atoms. The van der Waals surface area contributed by atoms with E-state index in [1.807, 2.05) is 6.20 Å². The summed E-state index contributed by atoms with van der Waals surface area (Å²) in [5.41, 5.74) is 18.8. The monoisotopic (exact) mass is 1110 g/mol. The van der Waals surface area contributed by atoms with E-state index < -0.39 is 0 Å². The summed E-state index contributed by atoms with van der Waals surface area (Å²) in [7, 11) is 0. The van der Waals surface area contributed by atoms with Gasteiger partial charge in [0.2, 0.25) is 0 Å². The molecule has 0 fully saturated rings. The molecule has 0 amide bonds. The second kappa shape index (κ2) is 17.7. The molecule has 7 aromatic carbocycles. The van der Waals surface area contributed by atoms with Crippen molar-refractivity contribution in [1.82, 2.24) is 14.5 Å². The number of pyridine rings is 1. The Bertz CT molecular complexity index is 3480. The molecule has 0 spiro atoms. The maximum absolute atomic E-state index is 12.7. The number of imidazole rings is 1. The fourth-order valence-electron chi connectivity index (χ4n) is 10.7. The third-order valence-corrected chi connectivity index (χ3v) is 15.0. The molecule has 0 unspecified atom stereocenters. The van der Waals surface area contributed by atoms with Gasteiger partial charge in [-0.1, -0.05) is 210 Å². The molecule has 10 rings (SSSR count). The van der Waals surface area contributed by atoms with Crippen LogP contribution in [0.2, 0.25) is 0 Å². The number of hydrogen-bond acceptors (Lipinski definition) is 3. The minimum Gasteiger partial charge on any atom is -0.507 e. The second-order valence-corrected chi connectivity index (χ2v) is 23.7. The van der Waals surface area contributed by atoms with E-state index in [0.717, 1.165) is 66.9 Å². The molecule has 362 valence electrons. The van der Waals surface area contributed by atoms with Gasteiger partial charge in [0.25, 0.3) is 0 Å². The van der Waals surface area contributed by atoms with Crippen LogP contribution in [0.5, 0.6) is 5.75 Å². The van der Waals surface area contributed by atoms with Crippen LogP contribution in [0.1, 0.15) is 129 Å². The van der Waals surface area contributed by atoms with Gasteiger partial charge in [-0.3, -0.25) is 9.55 Å². The average molecular weight is 1110 g/mol. The number of aromatic nitrogens is 3. The molecule has 0 radical (unpaired) electrons.